The Kier molecular flexibility index (Phi) is 6.60. The van der Waals surface area contributed by atoms with Crippen molar-refractivity contribution in [2.24, 2.45) is 0 Å². The van der Waals surface area contributed by atoms with Crippen LogP contribution in [0.15, 0.2) is 12.1 Å². The molecule has 0 saturated heterocycles. The van der Waals surface area contributed by atoms with Crippen molar-refractivity contribution >= 4 is 46.8 Å². The summed E-state index contributed by atoms with van der Waals surface area (Å²) in [6, 6.07) is 2.00. The third-order valence-corrected chi connectivity index (χ3v) is 11.2. The third-order valence-electron chi connectivity index (χ3n) is 5.72. The van der Waals surface area contributed by atoms with Crippen LogP contribution in [0.25, 0.3) is 15.9 Å². The Morgan fingerprint density at radius 3 is 2.48 bits per heavy atom. The van der Waals surface area contributed by atoms with Gasteiger partial charge in [-0.1, -0.05) is 38.2 Å². The third kappa shape index (κ3) is 6.11. The van der Waals surface area contributed by atoms with Crippen LogP contribution in [0, 0.1) is 0 Å². The fraction of sp³-hybridized carbons (Fsp3) is 0.636. The highest BCUT2D eigenvalue weighted by Gasteiger charge is 2.39. The summed E-state index contributed by atoms with van der Waals surface area (Å²) in [5.41, 5.74) is 2.02. The quantitative estimate of drug-likeness (QED) is 0.530. The van der Waals surface area contributed by atoms with Gasteiger partial charge in [-0.2, -0.15) is 4.98 Å². The number of thiazole rings is 1. The number of hydrogen-bond donors (Lipinski definition) is 1. The molecule has 0 saturated carbocycles. The van der Waals surface area contributed by atoms with Gasteiger partial charge < -0.3 is 9.16 Å². The molecule has 1 amide bonds. The minimum absolute atomic E-state index is 0.213. The first-order valence-corrected chi connectivity index (χ1v) is 14.5. The Bertz CT molecular complexity index is 989. The fourth-order valence-electron chi connectivity index (χ4n) is 3.09. The molecule has 3 rings (SSSR count). The van der Waals surface area contributed by atoms with E-state index in [4.69, 9.17) is 9.16 Å². The summed E-state index contributed by atoms with van der Waals surface area (Å²) >= 11 is 1.37. The predicted octanol–water partition coefficient (Wildman–Crippen LogP) is 6.39. The first-order chi connectivity index (χ1) is 14.2. The highest BCUT2D eigenvalue weighted by atomic mass is 32.1. The first kappa shape index (κ1) is 23.8. The summed E-state index contributed by atoms with van der Waals surface area (Å²) in [6.45, 7) is 16.9. The van der Waals surface area contributed by atoms with Gasteiger partial charge in [-0.25, -0.2) is 4.79 Å². The maximum absolute atomic E-state index is 12.0. The standard InChI is InChI=1S/C22H34N4O3SSi/c1-21(2,3)28-20(27)24-19-23-18-17(30-19)13-16(25-26-18)14-9-11-15(12-10-14)29-31(7,8)22(4,5)6/h9,13,15H,10-12H2,1-8H3,(H,23,24,26,27). The van der Waals surface area contributed by atoms with E-state index in [0.717, 1.165) is 29.7 Å². The summed E-state index contributed by atoms with van der Waals surface area (Å²) < 4.78 is 12.7. The zero-order chi connectivity index (χ0) is 23.0. The van der Waals surface area contributed by atoms with Crippen LogP contribution >= 0.6 is 11.3 Å². The fourth-order valence-corrected chi connectivity index (χ4v) is 5.31. The van der Waals surface area contributed by atoms with E-state index in [9.17, 15) is 4.79 Å². The van der Waals surface area contributed by atoms with Gasteiger partial charge in [0.1, 0.15) is 5.60 Å². The molecule has 2 aromatic rings. The number of carbonyl (C=O) groups is 1. The molecule has 7 nitrogen and oxygen atoms in total. The molecule has 0 fully saturated rings. The largest absolute Gasteiger partial charge is 0.444 e. The van der Waals surface area contributed by atoms with Crippen LogP contribution in [-0.4, -0.2) is 41.3 Å². The van der Waals surface area contributed by atoms with Gasteiger partial charge in [0.15, 0.2) is 19.1 Å². The summed E-state index contributed by atoms with van der Waals surface area (Å²) in [6.07, 6.45) is 4.79. The van der Waals surface area contributed by atoms with E-state index in [0.29, 0.717) is 10.8 Å². The number of aromatic nitrogens is 3. The minimum atomic E-state index is -1.76. The van der Waals surface area contributed by atoms with Crippen molar-refractivity contribution in [3.63, 3.8) is 0 Å². The number of fused-ring (bicyclic) bond motifs is 1. The van der Waals surface area contributed by atoms with Gasteiger partial charge in [-0.3, -0.25) is 5.32 Å². The number of hydrogen-bond acceptors (Lipinski definition) is 7. The normalized spacial score (nSPS) is 18.1. The average Bonchev–Trinajstić information content (AvgIpc) is 3.00. The summed E-state index contributed by atoms with van der Waals surface area (Å²) in [5.74, 6) is 0. The topological polar surface area (TPSA) is 86.2 Å². The lowest BCUT2D eigenvalue weighted by molar-refractivity contribution is 0.0636. The van der Waals surface area contributed by atoms with Crippen LogP contribution in [0.5, 0.6) is 0 Å². The van der Waals surface area contributed by atoms with Gasteiger partial charge in [0.05, 0.1) is 10.4 Å². The molecule has 0 radical (unpaired) electrons. The second-order valence-corrected chi connectivity index (χ2v) is 16.4. The number of anilines is 1. The Morgan fingerprint density at radius 1 is 1.19 bits per heavy atom. The summed E-state index contributed by atoms with van der Waals surface area (Å²) in [4.78, 5) is 16.3. The van der Waals surface area contributed by atoms with Crippen molar-refractivity contribution in [1.82, 2.24) is 15.2 Å². The van der Waals surface area contributed by atoms with Gasteiger partial charge in [0, 0.05) is 6.10 Å². The van der Waals surface area contributed by atoms with Crippen molar-refractivity contribution in [3.8, 4) is 0 Å². The Balaban J connectivity index is 1.68. The maximum Gasteiger partial charge on any atom is 0.413 e. The maximum atomic E-state index is 12.0. The molecule has 2 aromatic heterocycles. The molecule has 1 aliphatic rings. The molecule has 9 heteroatoms. The van der Waals surface area contributed by atoms with Crippen LogP contribution in [0.2, 0.25) is 18.1 Å². The average molecular weight is 463 g/mol. The molecule has 1 N–H and O–H groups in total. The number of rotatable bonds is 4. The van der Waals surface area contributed by atoms with Gasteiger partial charge in [0.25, 0.3) is 0 Å². The second-order valence-electron chi connectivity index (χ2n) is 10.6. The molecule has 1 atom stereocenters. The monoisotopic (exact) mass is 462 g/mol. The minimum Gasteiger partial charge on any atom is -0.444 e. The van der Waals surface area contributed by atoms with Gasteiger partial charge in [0.2, 0.25) is 0 Å². The number of allylic oxidation sites excluding steroid dienone is 1. The van der Waals surface area contributed by atoms with E-state index in [2.05, 4.69) is 60.4 Å². The molecule has 1 aliphatic carbocycles. The van der Waals surface area contributed by atoms with Crippen LogP contribution in [0.3, 0.4) is 0 Å². The molecule has 1 unspecified atom stereocenters. The summed E-state index contributed by atoms with van der Waals surface area (Å²) in [7, 11) is -1.76. The van der Waals surface area contributed by atoms with Crippen molar-refractivity contribution < 1.29 is 14.0 Å². The van der Waals surface area contributed by atoms with Gasteiger partial charge in [-0.15, -0.1) is 10.2 Å². The molecule has 0 aliphatic heterocycles. The lowest BCUT2D eigenvalue weighted by Crippen LogP contribution is -2.44. The number of ether oxygens (including phenoxy) is 1. The molecular weight excluding hydrogens is 428 g/mol. The lowest BCUT2D eigenvalue weighted by atomic mass is 9.95. The van der Waals surface area contributed by atoms with Crippen molar-refractivity contribution in [3.05, 3.63) is 17.8 Å². The van der Waals surface area contributed by atoms with E-state index in [1.165, 1.54) is 16.9 Å². The van der Waals surface area contributed by atoms with Gasteiger partial charge in [-0.05, 0) is 69.8 Å². The van der Waals surface area contributed by atoms with Crippen LogP contribution in [0.4, 0.5) is 9.93 Å². The lowest BCUT2D eigenvalue weighted by Gasteiger charge is -2.40. The molecule has 0 spiro atoms. The van der Waals surface area contributed by atoms with E-state index in [-0.39, 0.29) is 11.1 Å². The van der Waals surface area contributed by atoms with Crippen molar-refractivity contribution in [1.29, 1.82) is 0 Å². The Labute approximate surface area is 189 Å². The Morgan fingerprint density at radius 2 is 1.90 bits per heavy atom. The molecule has 31 heavy (non-hydrogen) atoms. The molecular formula is C22H34N4O3SSi. The van der Waals surface area contributed by atoms with Crippen LogP contribution in [-0.2, 0) is 9.16 Å². The SMILES string of the molecule is CC(C)(C)OC(=O)Nc1nc2nnc(C3=CCC(O[Si](C)(C)C(C)(C)C)CC3)cc2s1. The highest BCUT2D eigenvalue weighted by molar-refractivity contribution is 7.22. The van der Waals surface area contributed by atoms with Crippen molar-refractivity contribution in [2.75, 3.05) is 5.32 Å². The number of nitrogens with one attached hydrogen (secondary N) is 1. The first-order valence-electron chi connectivity index (χ1n) is 10.7. The summed E-state index contributed by atoms with van der Waals surface area (Å²) in [5, 5.41) is 12.0. The predicted molar refractivity (Wildman–Crippen MR) is 129 cm³/mol. The molecule has 2 heterocycles. The molecule has 170 valence electrons. The molecule has 0 aromatic carbocycles. The Hall–Kier alpha value is -1.84. The highest BCUT2D eigenvalue weighted by Crippen LogP contribution is 2.39. The number of carbonyl (C=O) groups excluding carboxylic acids is 1. The number of nitrogens with zero attached hydrogens (tertiary/aromatic N) is 3. The van der Waals surface area contributed by atoms with Gasteiger partial charge >= 0.3 is 6.09 Å². The van der Waals surface area contributed by atoms with E-state index in [1.807, 2.05) is 26.8 Å². The van der Waals surface area contributed by atoms with Crippen LogP contribution < -0.4 is 5.32 Å². The van der Waals surface area contributed by atoms with E-state index < -0.39 is 20.0 Å². The zero-order valence-corrected chi connectivity index (χ0v) is 21.6. The van der Waals surface area contributed by atoms with E-state index in [1.54, 1.807) is 0 Å². The van der Waals surface area contributed by atoms with E-state index >= 15 is 0 Å². The molecule has 0 bridgehead atoms. The second kappa shape index (κ2) is 8.59. The van der Waals surface area contributed by atoms with Crippen LogP contribution in [0.1, 0.15) is 66.5 Å². The number of amides is 1. The van der Waals surface area contributed by atoms with Crippen molar-refractivity contribution in [2.45, 2.75) is 90.6 Å². The zero-order valence-electron chi connectivity index (χ0n) is 19.8. The smallest absolute Gasteiger partial charge is 0.413 e.